The molecule has 0 saturated carbocycles. The number of thiophene rings is 1. The van der Waals surface area contributed by atoms with E-state index in [-0.39, 0.29) is 21.8 Å². The number of hydrogen-bond donors (Lipinski definition) is 1. The molecule has 4 aromatic rings. The molecule has 1 aliphatic carbocycles. The molecule has 6 nitrogen and oxygen atoms in total. The topological polar surface area (TPSA) is 83.1 Å². The molecule has 1 aromatic carbocycles. The standard InChI is InChI=1S/C27H23ClF3N5OS/c1-26(2,3)15-9-10-16-17(13-32)25(38-19(16)11-15)34-24(37)22-21(28)23-33-18(14-7-5-4-6-8-14)12-20(27(29,30)31)36(23)35-22/h4-8,12,15H,9-11H2,1-3H3,(H,34,37)/t15-/m0/s1. The number of benzene rings is 1. The van der Waals surface area contributed by atoms with Crippen LogP contribution in [0.2, 0.25) is 5.02 Å². The summed E-state index contributed by atoms with van der Waals surface area (Å²) in [5, 5.41) is 16.5. The third-order valence-corrected chi connectivity index (χ3v) is 8.45. The summed E-state index contributed by atoms with van der Waals surface area (Å²) >= 11 is 7.73. The molecule has 0 saturated heterocycles. The minimum Gasteiger partial charge on any atom is -0.311 e. The van der Waals surface area contributed by atoms with Crippen molar-refractivity contribution in [1.29, 1.82) is 5.26 Å². The number of alkyl halides is 3. The van der Waals surface area contributed by atoms with Crippen molar-refractivity contribution < 1.29 is 18.0 Å². The van der Waals surface area contributed by atoms with E-state index in [2.05, 4.69) is 42.2 Å². The lowest BCUT2D eigenvalue weighted by molar-refractivity contribution is -0.142. The van der Waals surface area contributed by atoms with E-state index < -0.39 is 23.5 Å². The molecule has 0 spiro atoms. The fourth-order valence-electron chi connectivity index (χ4n) is 4.79. The van der Waals surface area contributed by atoms with E-state index in [1.54, 1.807) is 30.3 Å². The van der Waals surface area contributed by atoms with Crippen molar-refractivity contribution in [1.82, 2.24) is 14.6 Å². The second-order valence-corrected chi connectivity index (χ2v) is 11.9. The largest absolute Gasteiger partial charge is 0.433 e. The molecule has 1 amide bonds. The van der Waals surface area contributed by atoms with Crippen LogP contribution in [0, 0.1) is 22.7 Å². The fraction of sp³-hybridized carbons (Fsp3) is 0.333. The molecule has 0 unspecified atom stereocenters. The van der Waals surface area contributed by atoms with Gasteiger partial charge in [-0.1, -0.05) is 62.7 Å². The van der Waals surface area contributed by atoms with Gasteiger partial charge in [0.2, 0.25) is 0 Å². The summed E-state index contributed by atoms with van der Waals surface area (Å²) in [6, 6.07) is 11.4. The van der Waals surface area contributed by atoms with Crippen LogP contribution in [-0.4, -0.2) is 20.5 Å². The molecule has 1 N–H and O–H groups in total. The van der Waals surface area contributed by atoms with Crippen molar-refractivity contribution in [2.75, 3.05) is 5.32 Å². The second kappa shape index (κ2) is 9.40. The van der Waals surface area contributed by atoms with Gasteiger partial charge in [0.25, 0.3) is 5.91 Å². The van der Waals surface area contributed by atoms with Gasteiger partial charge in [0.15, 0.2) is 17.0 Å². The number of nitriles is 1. The molecule has 3 heterocycles. The normalized spacial score (nSPS) is 15.8. The predicted octanol–water partition coefficient (Wildman–Crippen LogP) is 7.40. The summed E-state index contributed by atoms with van der Waals surface area (Å²) in [6.07, 6.45) is -2.32. The highest BCUT2D eigenvalue weighted by Crippen LogP contribution is 2.44. The molecule has 11 heteroatoms. The minimum atomic E-state index is -4.78. The number of halogens is 4. The summed E-state index contributed by atoms with van der Waals surface area (Å²) in [6.45, 7) is 6.55. The van der Waals surface area contributed by atoms with Crippen LogP contribution in [0.5, 0.6) is 0 Å². The molecule has 1 atom stereocenters. The van der Waals surface area contributed by atoms with Gasteiger partial charge in [-0.05, 0) is 42.2 Å². The van der Waals surface area contributed by atoms with Crippen molar-refractivity contribution in [2.24, 2.45) is 11.3 Å². The van der Waals surface area contributed by atoms with Gasteiger partial charge in [-0.25, -0.2) is 9.50 Å². The quantitative estimate of drug-likeness (QED) is 0.284. The molecule has 3 aromatic heterocycles. The molecule has 38 heavy (non-hydrogen) atoms. The third-order valence-electron chi connectivity index (χ3n) is 6.94. The van der Waals surface area contributed by atoms with Crippen molar-refractivity contribution in [3.8, 4) is 17.3 Å². The highest BCUT2D eigenvalue weighted by molar-refractivity contribution is 7.16. The zero-order chi connectivity index (χ0) is 27.4. The van der Waals surface area contributed by atoms with Crippen LogP contribution in [0.3, 0.4) is 0 Å². The number of aromatic nitrogens is 3. The Balaban J connectivity index is 1.54. The van der Waals surface area contributed by atoms with Gasteiger partial charge in [-0.2, -0.15) is 23.5 Å². The molecule has 196 valence electrons. The van der Waals surface area contributed by atoms with Gasteiger partial charge in [0.1, 0.15) is 16.1 Å². The maximum atomic E-state index is 14.0. The summed E-state index contributed by atoms with van der Waals surface area (Å²) < 4.78 is 42.5. The molecule has 1 aliphatic rings. The van der Waals surface area contributed by atoms with Crippen molar-refractivity contribution >= 4 is 39.5 Å². The van der Waals surface area contributed by atoms with Gasteiger partial charge in [0, 0.05) is 10.4 Å². The number of fused-ring (bicyclic) bond motifs is 2. The van der Waals surface area contributed by atoms with Crippen LogP contribution < -0.4 is 5.32 Å². The van der Waals surface area contributed by atoms with E-state index in [1.807, 2.05) is 0 Å². The van der Waals surface area contributed by atoms with Gasteiger partial charge >= 0.3 is 6.18 Å². The number of amides is 1. The fourth-order valence-corrected chi connectivity index (χ4v) is 6.31. The number of rotatable bonds is 3. The monoisotopic (exact) mass is 557 g/mol. The highest BCUT2D eigenvalue weighted by atomic mass is 35.5. The first-order valence-electron chi connectivity index (χ1n) is 12.0. The smallest absolute Gasteiger partial charge is 0.311 e. The number of carbonyl (C=O) groups excluding carboxylic acids is 1. The Morgan fingerprint density at radius 2 is 1.95 bits per heavy atom. The van der Waals surface area contributed by atoms with Crippen LogP contribution in [0.4, 0.5) is 18.2 Å². The summed E-state index contributed by atoms with van der Waals surface area (Å²) in [5.74, 6) is -0.375. The van der Waals surface area contributed by atoms with Gasteiger partial charge < -0.3 is 5.32 Å². The van der Waals surface area contributed by atoms with E-state index >= 15 is 0 Å². The van der Waals surface area contributed by atoms with Crippen LogP contribution in [0.25, 0.3) is 16.9 Å². The number of hydrogen-bond acceptors (Lipinski definition) is 5. The van der Waals surface area contributed by atoms with E-state index in [1.165, 1.54) is 11.3 Å². The average molecular weight is 558 g/mol. The first-order chi connectivity index (χ1) is 17.9. The molecular formula is C27H23ClF3N5OS. The maximum absolute atomic E-state index is 14.0. The second-order valence-electron chi connectivity index (χ2n) is 10.4. The van der Waals surface area contributed by atoms with E-state index in [9.17, 15) is 23.2 Å². The Bertz CT molecular complexity index is 1600. The van der Waals surface area contributed by atoms with Crippen LogP contribution in [0.1, 0.15) is 59.4 Å². The minimum absolute atomic E-state index is 0.0466. The predicted molar refractivity (Wildman–Crippen MR) is 140 cm³/mol. The molecule has 0 bridgehead atoms. The lowest BCUT2D eigenvalue weighted by atomic mass is 9.72. The molecule has 0 fully saturated rings. The Morgan fingerprint density at radius 3 is 2.58 bits per heavy atom. The van der Waals surface area contributed by atoms with Crippen LogP contribution in [0.15, 0.2) is 36.4 Å². The molecular weight excluding hydrogens is 535 g/mol. The van der Waals surface area contributed by atoms with Gasteiger partial charge in [-0.15, -0.1) is 11.3 Å². The Hall–Kier alpha value is -3.42. The van der Waals surface area contributed by atoms with Crippen LogP contribution >= 0.6 is 22.9 Å². The number of nitrogens with one attached hydrogen (secondary N) is 1. The van der Waals surface area contributed by atoms with Crippen molar-refractivity contribution in [2.45, 2.75) is 46.2 Å². The zero-order valence-corrected chi connectivity index (χ0v) is 22.4. The van der Waals surface area contributed by atoms with Gasteiger partial charge in [0.05, 0.1) is 11.3 Å². The summed E-state index contributed by atoms with van der Waals surface area (Å²) in [7, 11) is 0. The Kier molecular flexibility index (Phi) is 6.48. The number of anilines is 1. The third kappa shape index (κ3) is 4.65. The Morgan fingerprint density at radius 1 is 1.24 bits per heavy atom. The molecule has 0 radical (unpaired) electrons. The molecule has 0 aliphatic heterocycles. The van der Waals surface area contributed by atoms with Crippen LogP contribution in [-0.2, 0) is 19.0 Å². The lowest BCUT2D eigenvalue weighted by Crippen LogP contribution is -2.26. The van der Waals surface area contributed by atoms with E-state index in [0.717, 1.165) is 35.8 Å². The number of nitrogens with zero attached hydrogens (tertiary/aromatic N) is 4. The number of carbonyl (C=O) groups is 1. The van der Waals surface area contributed by atoms with Crippen molar-refractivity contribution in [3.05, 3.63) is 68.8 Å². The summed E-state index contributed by atoms with van der Waals surface area (Å²) in [5.41, 5.74) is 0.102. The highest BCUT2D eigenvalue weighted by Gasteiger charge is 2.37. The van der Waals surface area contributed by atoms with E-state index in [4.69, 9.17) is 11.6 Å². The molecule has 5 rings (SSSR count). The maximum Gasteiger partial charge on any atom is 0.433 e. The lowest BCUT2D eigenvalue weighted by Gasteiger charge is -2.33. The van der Waals surface area contributed by atoms with Gasteiger partial charge in [-0.3, -0.25) is 4.79 Å². The first-order valence-corrected chi connectivity index (χ1v) is 13.2. The Labute approximate surface area is 226 Å². The average Bonchev–Trinajstić information content (AvgIpc) is 3.39. The van der Waals surface area contributed by atoms with Crippen molar-refractivity contribution in [3.63, 3.8) is 0 Å². The first kappa shape index (κ1) is 26.2. The SMILES string of the molecule is CC(C)(C)[C@H]1CCc2c(sc(NC(=O)c3nn4c(C(F)(F)F)cc(-c5ccccc5)nc4c3Cl)c2C#N)C1. The zero-order valence-electron chi connectivity index (χ0n) is 20.8. The summed E-state index contributed by atoms with van der Waals surface area (Å²) in [4.78, 5) is 18.6. The van der Waals surface area contributed by atoms with E-state index in [0.29, 0.717) is 26.6 Å².